The highest BCUT2D eigenvalue weighted by Gasteiger charge is 2.18. The molecular weight excluding hydrogens is 254 g/mol. The summed E-state index contributed by atoms with van der Waals surface area (Å²) < 4.78 is 4.92. The van der Waals surface area contributed by atoms with Gasteiger partial charge < -0.3 is 14.7 Å². The van der Waals surface area contributed by atoms with Crippen molar-refractivity contribution in [1.29, 1.82) is 0 Å². The van der Waals surface area contributed by atoms with Gasteiger partial charge in [0.05, 0.1) is 12.0 Å². The number of rotatable bonds is 5. The zero-order chi connectivity index (χ0) is 13.7. The van der Waals surface area contributed by atoms with Crippen LogP contribution in [0.1, 0.15) is 15.9 Å². The van der Waals surface area contributed by atoms with Gasteiger partial charge in [0.15, 0.2) is 0 Å². The van der Waals surface area contributed by atoms with Crippen molar-refractivity contribution < 1.29 is 14.6 Å². The Balaban J connectivity index is 2.77. The number of ether oxygens (including phenoxy) is 1. The number of methoxy groups -OCH3 is 1. The molecule has 100 valence electrons. The monoisotopic (exact) mass is 271 g/mol. The van der Waals surface area contributed by atoms with Crippen LogP contribution in [0.3, 0.4) is 0 Å². The van der Waals surface area contributed by atoms with E-state index in [1.54, 1.807) is 39.3 Å². The van der Waals surface area contributed by atoms with E-state index < -0.39 is 0 Å². The Kier molecular flexibility index (Phi) is 5.44. The topological polar surface area (TPSA) is 49.8 Å². The molecule has 0 heterocycles. The first-order valence-electron chi connectivity index (χ1n) is 5.64. The van der Waals surface area contributed by atoms with Gasteiger partial charge in [0.25, 0.3) is 5.91 Å². The van der Waals surface area contributed by atoms with Crippen LogP contribution in [0, 0.1) is 6.92 Å². The summed E-state index contributed by atoms with van der Waals surface area (Å²) >= 11 is 6.01. The summed E-state index contributed by atoms with van der Waals surface area (Å²) in [7, 11) is 3.24. The molecule has 0 fully saturated rings. The number of carbonyl (C=O) groups is 1. The summed E-state index contributed by atoms with van der Waals surface area (Å²) in [5, 5.41) is 9.33. The lowest BCUT2D eigenvalue weighted by molar-refractivity contribution is 0.0780. The maximum atomic E-state index is 12.2. The van der Waals surface area contributed by atoms with E-state index in [0.29, 0.717) is 24.3 Å². The lowest BCUT2D eigenvalue weighted by Gasteiger charge is -2.21. The summed E-state index contributed by atoms with van der Waals surface area (Å²) in [5.74, 6) is -0.0429. The maximum absolute atomic E-state index is 12.2. The number of phenols is 1. The molecule has 1 N–H and O–H groups in total. The molecule has 0 radical (unpaired) electrons. The van der Waals surface area contributed by atoms with E-state index in [0.717, 1.165) is 0 Å². The number of phenolic OH excluding ortho intramolecular Hbond substituents is 1. The first-order valence-corrected chi connectivity index (χ1v) is 6.08. The lowest BCUT2D eigenvalue weighted by atomic mass is 10.1. The molecule has 0 aromatic heterocycles. The number of halogens is 1. The highest BCUT2D eigenvalue weighted by Crippen LogP contribution is 2.20. The first kappa shape index (κ1) is 14.8. The fourth-order valence-corrected chi connectivity index (χ4v) is 2.01. The second-order valence-corrected chi connectivity index (χ2v) is 4.81. The summed E-state index contributed by atoms with van der Waals surface area (Å²) in [4.78, 5) is 13.7. The number of aromatic hydroxyl groups is 1. The number of amides is 1. The van der Waals surface area contributed by atoms with E-state index in [2.05, 4.69) is 0 Å². The van der Waals surface area contributed by atoms with Crippen molar-refractivity contribution in [2.45, 2.75) is 12.3 Å². The summed E-state index contributed by atoms with van der Waals surface area (Å²) in [5.41, 5.74) is 1.06. The predicted octanol–water partition coefficient (Wildman–Crippen LogP) is 2.03. The minimum atomic E-state index is -0.249. The van der Waals surface area contributed by atoms with Gasteiger partial charge in [-0.15, -0.1) is 11.6 Å². The Labute approximate surface area is 112 Å². The van der Waals surface area contributed by atoms with Crippen LogP contribution in [0.5, 0.6) is 5.75 Å². The molecule has 0 spiro atoms. The number of benzene rings is 1. The lowest BCUT2D eigenvalue weighted by Crippen LogP contribution is -2.34. The van der Waals surface area contributed by atoms with Crippen LogP contribution >= 0.6 is 11.6 Å². The van der Waals surface area contributed by atoms with Gasteiger partial charge in [0.1, 0.15) is 5.75 Å². The molecule has 0 bridgehead atoms. The fourth-order valence-electron chi connectivity index (χ4n) is 1.67. The first-order chi connectivity index (χ1) is 8.47. The fraction of sp³-hybridized carbons (Fsp3) is 0.462. The van der Waals surface area contributed by atoms with Gasteiger partial charge in [-0.05, 0) is 19.1 Å². The standard InChI is InChI=1S/C13H18ClNO3/c1-9-11(5-4-6-12(9)16)13(17)15(2)7-10(14)8-18-3/h4-6,10,16H,7-8H2,1-3H3. The van der Waals surface area contributed by atoms with Crippen molar-refractivity contribution >= 4 is 17.5 Å². The average molecular weight is 272 g/mol. The van der Waals surface area contributed by atoms with E-state index in [9.17, 15) is 9.90 Å². The Morgan fingerprint density at radius 1 is 1.56 bits per heavy atom. The third-order valence-corrected chi connectivity index (χ3v) is 2.97. The highest BCUT2D eigenvalue weighted by molar-refractivity contribution is 6.21. The molecule has 1 unspecified atom stereocenters. The van der Waals surface area contributed by atoms with Crippen molar-refractivity contribution in [3.8, 4) is 5.75 Å². The molecule has 1 aromatic carbocycles. The molecule has 0 aliphatic carbocycles. The second kappa shape index (κ2) is 6.61. The molecule has 0 saturated carbocycles. The van der Waals surface area contributed by atoms with Gasteiger partial charge in [0, 0.05) is 31.8 Å². The molecule has 0 aliphatic heterocycles. The molecule has 1 aromatic rings. The van der Waals surface area contributed by atoms with Crippen LogP contribution < -0.4 is 0 Å². The highest BCUT2D eigenvalue weighted by atomic mass is 35.5. The molecule has 0 aliphatic rings. The Bertz CT molecular complexity index is 423. The van der Waals surface area contributed by atoms with Crippen LogP contribution in [0.2, 0.25) is 0 Å². The van der Waals surface area contributed by atoms with Crippen molar-refractivity contribution in [2.75, 3.05) is 27.3 Å². The van der Waals surface area contributed by atoms with Crippen LogP contribution in [0.25, 0.3) is 0 Å². The molecule has 5 heteroatoms. The summed E-state index contributed by atoms with van der Waals surface area (Å²) in [6.45, 7) is 2.49. The van der Waals surface area contributed by atoms with Crippen molar-refractivity contribution in [3.05, 3.63) is 29.3 Å². The van der Waals surface area contributed by atoms with Crippen LogP contribution in [0.15, 0.2) is 18.2 Å². The third-order valence-electron chi connectivity index (χ3n) is 2.70. The van der Waals surface area contributed by atoms with Gasteiger partial charge in [-0.1, -0.05) is 6.07 Å². The van der Waals surface area contributed by atoms with Crippen LogP contribution in [-0.4, -0.2) is 48.6 Å². The molecular formula is C13H18ClNO3. The smallest absolute Gasteiger partial charge is 0.254 e. The van der Waals surface area contributed by atoms with Gasteiger partial charge in [-0.2, -0.15) is 0 Å². The largest absolute Gasteiger partial charge is 0.508 e. The van der Waals surface area contributed by atoms with Gasteiger partial charge >= 0.3 is 0 Å². The van der Waals surface area contributed by atoms with E-state index in [1.165, 1.54) is 4.90 Å². The molecule has 18 heavy (non-hydrogen) atoms. The van der Waals surface area contributed by atoms with Gasteiger partial charge in [0.2, 0.25) is 0 Å². The SMILES string of the molecule is COCC(Cl)CN(C)C(=O)c1cccc(O)c1C. The minimum Gasteiger partial charge on any atom is -0.508 e. The van der Waals surface area contributed by atoms with Crippen molar-refractivity contribution in [2.24, 2.45) is 0 Å². The number of hydrogen-bond acceptors (Lipinski definition) is 3. The van der Waals surface area contributed by atoms with Crippen LogP contribution in [0.4, 0.5) is 0 Å². The zero-order valence-electron chi connectivity index (χ0n) is 10.8. The normalized spacial score (nSPS) is 12.2. The zero-order valence-corrected chi connectivity index (χ0v) is 11.6. The summed E-state index contributed by atoms with van der Waals surface area (Å²) in [6, 6.07) is 4.89. The quantitative estimate of drug-likeness (QED) is 0.834. The molecule has 1 amide bonds. The van der Waals surface area contributed by atoms with E-state index in [1.807, 2.05) is 0 Å². The van der Waals surface area contributed by atoms with E-state index >= 15 is 0 Å². The average Bonchev–Trinajstić information content (AvgIpc) is 2.32. The minimum absolute atomic E-state index is 0.119. The Hall–Kier alpha value is -1.26. The maximum Gasteiger partial charge on any atom is 0.254 e. The molecule has 1 rings (SSSR count). The number of alkyl halides is 1. The molecule has 4 nitrogen and oxygen atoms in total. The van der Waals surface area contributed by atoms with Crippen molar-refractivity contribution in [3.63, 3.8) is 0 Å². The second-order valence-electron chi connectivity index (χ2n) is 4.19. The number of carbonyl (C=O) groups excluding carboxylic acids is 1. The predicted molar refractivity (Wildman–Crippen MR) is 71.3 cm³/mol. The third kappa shape index (κ3) is 3.62. The van der Waals surface area contributed by atoms with Crippen molar-refractivity contribution in [1.82, 2.24) is 4.90 Å². The Morgan fingerprint density at radius 2 is 2.22 bits per heavy atom. The molecule has 1 atom stereocenters. The Morgan fingerprint density at radius 3 is 2.83 bits per heavy atom. The molecule has 0 saturated heterocycles. The van der Waals surface area contributed by atoms with Gasteiger partial charge in [-0.25, -0.2) is 0 Å². The van der Waals surface area contributed by atoms with Gasteiger partial charge in [-0.3, -0.25) is 4.79 Å². The van der Waals surface area contributed by atoms with Crippen LogP contribution in [-0.2, 0) is 4.74 Å². The van der Waals surface area contributed by atoms with E-state index in [-0.39, 0.29) is 17.0 Å². The number of hydrogen-bond donors (Lipinski definition) is 1. The number of nitrogens with zero attached hydrogens (tertiary/aromatic N) is 1. The summed E-state index contributed by atoms with van der Waals surface area (Å²) in [6.07, 6.45) is 0. The van der Waals surface area contributed by atoms with E-state index in [4.69, 9.17) is 16.3 Å².